The van der Waals surface area contributed by atoms with Crippen molar-refractivity contribution >= 4 is 15.7 Å². The Balaban J connectivity index is 2.82. The lowest BCUT2D eigenvalue weighted by atomic mass is 10.1. The van der Waals surface area contributed by atoms with E-state index in [1.165, 1.54) is 6.26 Å². The molecule has 5 heteroatoms. The van der Waals surface area contributed by atoms with E-state index in [-0.39, 0.29) is 12.4 Å². The fourth-order valence-electron chi connectivity index (χ4n) is 1.56. The van der Waals surface area contributed by atoms with E-state index in [1.807, 2.05) is 6.07 Å². The number of carbonyl (C=O) groups excluding carboxylic acids is 1. The third kappa shape index (κ3) is 4.19. The van der Waals surface area contributed by atoms with Gasteiger partial charge in [-0.2, -0.15) is 0 Å². The van der Waals surface area contributed by atoms with Crippen LogP contribution < -0.4 is 0 Å². The molecule has 1 N–H and O–H groups in total. The molecule has 0 radical (unpaired) electrons. The molecule has 1 unspecified atom stereocenters. The third-order valence-corrected chi connectivity index (χ3v) is 3.53. The summed E-state index contributed by atoms with van der Waals surface area (Å²) in [5.41, 5.74) is 0.781. The van der Waals surface area contributed by atoms with Crippen LogP contribution in [0.25, 0.3) is 0 Å². The molecule has 0 aliphatic rings. The molecular formula is C12H17NO3S. The minimum atomic E-state index is -2.75. The summed E-state index contributed by atoms with van der Waals surface area (Å²) >= 11 is 0. The summed E-state index contributed by atoms with van der Waals surface area (Å²) in [6, 6.07) is 7.04. The molecule has 17 heavy (non-hydrogen) atoms. The van der Waals surface area contributed by atoms with Crippen molar-refractivity contribution in [3.8, 4) is 0 Å². The maximum absolute atomic E-state index is 11.7. The zero-order valence-electron chi connectivity index (χ0n) is 10.1. The quantitative estimate of drug-likeness (QED) is 0.820. The molecule has 1 atom stereocenters. The van der Waals surface area contributed by atoms with Gasteiger partial charge in [0.25, 0.3) is 0 Å². The van der Waals surface area contributed by atoms with Crippen LogP contribution in [0.3, 0.4) is 0 Å². The first-order valence-corrected chi connectivity index (χ1v) is 7.39. The average Bonchev–Trinajstić information content (AvgIpc) is 2.26. The van der Waals surface area contributed by atoms with E-state index in [0.717, 1.165) is 5.56 Å². The number of hydrogen-bond donors (Lipinski definition) is 1. The summed E-state index contributed by atoms with van der Waals surface area (Å²) in [5, 5.41) is 0. The Hall–Kier alpha value is -1.36. The monoisotopic (exact) mass is 255 g/mol. The molecule has 0 bridgehead atoms. The van der Waals surface area contributed by atoms with Gasteiger partial charge in [-0.05, 0) is 25.0 Å². The minimum Gasteiger partial charge on any atom is -0.466 e. The number of esters is 1. The molecule has 0 fully saturated rings. The Morgan fingerprint density at radius 2 is 2.06 bits per heavy atom. The van der Waals surface area contributed by atoms with Gasteiger partial charge in [-0.1, -0.05) is 18.2 Å². The van der Waals surface area contributed by atoms with Crippen LogP contribution >= 0.6 is 0 Å². The summed E-state index contributed by atoms with van der Waals surface area (Å²) in [4.78, 5) is 11.7. The van der Waals surface area contributed by atoms with Crippen LogP contribution in [0, 0.1) is 4.78 Å². The van der Waals surface area contributed by atoms with Crippen molar-refractivity contribution in [3.05, 3.63) is 29.8 Å². The molecule has 0 amide bonds. The standard InChI is InChI=1S/C12H17NO3S/c1-3-16-12(14)9-8-10-6-4-5-7-11(10)17(2,13)15/h4-7,13H,3,8-9H2,1-2H3. The van der Waals surface area contributed by atoms with E-state index < -0.39 is 9.73 Å². The summed E-state index contributed by atoms with van der Waals surface area (Å²) < 4.78 is 24.2. The Kier molecular flexibility index (Phi) is 4.69. The van der Waals surface area contributed by atoms with Gasteiger partial charge in [-0.3, -0.25) is 4.79 Å². The zero-order chi connectivity index (χ0) is 12.9. The molecule has 0 aliphatic carbocycles. The zero-order valence-corrected chi connectivity index (χ0v) is 10.9. The fourth-order valence-corrected chi connectivity index (χ4v) is 2.57. The highest BCUT2D eigenvalue weighted by molar-refractivity contribution is 7.91. The largest absolute Gasteiger partial charge is 0.466 e. The highest BCUT2D eigenvalue weighted by Crippen LogP contribution is 2.17. The molecule has 1 aromatic rings. The first kappa shape index (κ1) is 13.7. The highest BCUT2D eigenvalue weighted by Gasteiger charge is 2.11. The first-order valence-electron chi connectivity index (χ1n) is 5.42. The third-order valence-electron chi connectivity index (χ3n) is 2.30. The van der Waals surface area contributed by atoms with E-state index in [0.29, 0.717) is 17.9 Å². The van der Waals surface area contributed by atoms with Crippen LogP contribution in [0.2, 0.25) is 0 Å². The highest BCUT2D eigenvalue weighted by atomic mass is 32.2. The summed E-state index contributed by atoms with van der Waals surface area (Å²) in [6.45, 7) is 2.12. The second-order valence-corrected chi connectivity index (χ2v) is 5.88. The Morgan fingerprint density at radius 3 is 2.65 bits per heavy atom. The second-order valence-electron chi connectivity index (χ2n) is 3.76. The molecule has 4 nitrogen and oxygen atoms in total. The molecule has 1 rings (SSSR count). The van der Waals surface area contributed by atoms with Crippen molar-refractivity contribution in [2.45, 2.75) is 24.7 Å². The predicted molar refractivity (Wildman–Crippen MR) is 66.4 cm³/mol. The smallest absolute Gasteiger partial charge is 0.306 e. The minimum absolute atomic E-state index is 0.250. The number of ether oxygens (including phenoxy) is 1. The van der Waals surface area contributed by atoms with Crippen molar-refractivity contribution in [2.24, 2.45) is 0 Å². The van der Waals surface area contributed by atoms with Gasteiger partial charge in [-0.25, -0.2) is 8.99 Å². The molecule has 0 saturated heterocycles. The number of hydrogen-bond acceptors (Lipinski definition) is 4. The van der Waals surface area contributed by atoms with E-state index in [4.69, 9.17) is 9.52 Å². The Morgan fingerprint density at radius 1 is 1.41 bits per heavy atom. The van der Waals surface area contributed by atoms with Gasteiger partial charge in [0, 0.05) is 12.7 Å². The van der Waals surface area contributed by atoms with Gasteiger partial charge in [-0.15, -0.1) is 0 Å². The summed E-state index contributed by atoms with van der Waals surface area (Å²) in [7, 11) is -2.75. The van der Waals surface area contributed by atoms with Crippen molar-refractivity contribution in [3.63, 3.8) is 0 Å². The van der Waals surface area contributed by atoms with Crippen LogP contribution in [-0.4, -0.2) is 23.0 Å². The van der Waals surface area contributed by atoms with Crippen LogP contribution in [0.5, 0.6) is 0 Å². The second kappa shape index (κ2) is 5.82. The van der Waals surface area contributed by atoms with Gasteiger partial charge in [0.15, 0.2) is 0 Å². The Bertz CT molecular complexity index is 494. The lowest BCUT2D eigenvalue weighted by molar-refractivity contribution is -0.143. The first-order chi connectivity index (χ1) is 7.95. The van der Waals surface area contributed by atoms with Gasteiger partial charge in [0.05, 0.1) is 21.2 Å². The molecule has 94 valence electrons. The molecule has 0 saturated carbocycles. The number of carbonyl (C=O) groups is 1. The van der Waals surface area contributed by atoms with E-state index in [2.05, 4.69) is 0 Å². The molecule has 0 heterocycles. The molecule has 0 spiro atoms. The maximum Gasteiger partial charge on any atom is 0.306 e. The SMILES string of the molecule is CCOC(=O)CCc1ccccc1S(C)(=N)=O. The van der Waals surface area contributed by atoms with Crippen LogP contribution in [-0.2, 0) is 25.7 Å². The Labute approximate surface area is 102 Å². The van der Waals surface area contributed by atoms with Crippen molar-refractivity contribution in [2.75, 3.05) is 12.9 Å². The van der Waals surface area contributed by atoms with Crippen LogP contribution in [0.1, 0.15) is 18.9 Å². The lowest BCUT2D eigenvalue weighted by Gasteiger charge is -2.08. The summed E-state index contributed by atoms with van der Waals surface area (Å²) in [5.74, 6) is -0.269. The average molecular weight is 255 g/mol. The molecule has 0 aromatic heterocycles. The predicted octanol–water partition coefficient (Wildman–Crippen LogP) is 2.22. The molecular weight excluding hydrogens is 238 g/mol. The van der Waals surface area contributed by atoms with Crippen molar-refractivity contribution < 1.29 is 13.7 Å². The van der Waals surface area contributed by atoms with Gasteiger partial charge in [0.2, 0.25) is 0 Å². The van der Waals surface area contributed by atoms with Crippen molar-refractivity contribution in [1.82, 2.24) is 0 Å². The number of nitrogens with one attached hydrogen (secondary N) is 1. The van der Waals surface area contributed by atoms with Gasteiger partial charge in [0.1, 0.15) is 0 Å². The topological polar surface area (TPSA) is 67.2 Å². The van der Waals surface area contributed by atoms with Crippen LogP contribution in [0.15, 0.2) is 29.2 Å². The fraction of sp³-hybridized carbons (Fsp3) is 0.417. The number of aryl methyl sites for hydroxylation is 1. The van der Waals surface area contributed by atoms with Gasteiger partial charge >= 0.3 is 5.97 Å². The van der Waals surface area contributed by atoms with E-state index in [9.17, 15) is 9.00 Å². The lowest BCUT2D eigenvalue weighted by Crippen LogP contribution is -2.07. The van der Waals surface area contributed by atoms with E-state index >= 15 is 0 Å². The molecule has 0 aliphatic heterocycles. The maximum atomic E-state index is 11.7. The summed E-state index contributed by atoms with van der Waals surface area (Å²) in [6.07, 6.45) is 2.09. The van der Waals surface area contributed by atoms with Crippen LogP contribution in [0.4, 0.5) is 0 Å². The van der Waals surface area contributed by atoms with Gasteiger partial charge < -0.3 is 4.74 Å². The normalized spacial score (nSPS) is 14.0. The number of rotatable bonds is 5. The molecule has 1 aromatic carbocycles. The van der Waals surface area contributed by atoms with Crippen molar-refractivity contribution in [1.29, 1.82) is 4.78 Å². The number of benzene rings is 1. The van der Waals surface area contributed by atoms with E-state index in [1.54, 1.807) is 25.1 Å².